The van der Waals surface area contributed by atoms with Gasteiger partial charge in [-0.3, -0.25) is 9.59 Å². The summed E-state index contributed by atoms with van der Waals surface area (Å²) in [5, 5.41) is 6.08. The maximum Gasteiger partial charge on any atom is 0.265 e. The predicted molar refractivity (Wildman–Crippen MR) is 102 cm³/mol. The number of anilines is 1. The third-order valence-corrected chi connectivity index (χ3v) is 5.53. The summed E-state index contributed by atoms with van der Waals surface area (Å²) in [5.41, 5.74) is 0.736. The second kappa shape index (κ2) is 8.79. The van der Waals surface area contributed by atoms with Crippen molar-refractivity contribution < 1.29 is 19.1 Å². The van der Waals surface area contributed by atoms with E-state index in [1.165, 1.54) is 11.8 Å². The summed E-state index contributed by atoms with van der Waals surface area (Å²) in [5.74, 6) is 0.728. The summed E-state index contributed by atoms with van der Waals surface area (Å²) in [7, 11) is 0. The van der Waals surface area contributed by atoms with Gasteiger partial charge in [-0.1, -0.05) is 11.6 Å². The molecule has 1 unspecified atom stereocenters. The molecule has 0 spiro atoms. The average Bonchev–Trinajstić information content (AvgIpc) is 3.15. The van der Waals surface area contributed by atoms with Crippen LogP contribution in [-0.2, 0) is 14.3 Å². The minimum absolute atomic E-state index is 0.0415. The lowest BCUT2D eigenvalue weighted by molar-refractivity contribution is -0.112. The number of ether oxygens (including phenoxy) is 2. The van der Waals surface area contributed by atoms with E-state index in [1.54, 1.807) is 25.1 Å². The lowest BCUT2D eigenvalue weighted by Gasteiger charge is -2.19. The standard InChI is InChI=1S/C18H21ClN2O4S/c1-11-16(26-8-7-24-11)18(23)21-15-5-4-12(19)9-14(15)17(22)20-10-13-3-2-6-25-13/h4-5,9,13H,2-3,6-8,10H2,1H3,(H,20,22)(H,21,23). The Balaban J connectivity index is 1.72. The van der Waals surface area contributed by atoms with Crippen LogP contribution in [0.3, 0.4) is 0 Å². The molecular weight excluding hydrogens is 376 g/mol. The number of nitrogens with one attached hydrogen (secondary N) is 2. The molecule has 0 aliphatic carbocycles. The Morgan fingerprint density at radius 1 is 1.31 bits per heavy atom. The number of amides is 2. The molecular formula is C18H21ClN2O4S. The summed E-state index contributed by atoms with van der Waals surface area (Å²) in [6.07, 6.45) is 1.98. The van der Waals surface area contributed by atoms with Crippen molar-refractivity contribution in [3.8, 4) is 0 Å². The normalized spacial score (nSPS) is 19.8. The fraction of sp³-hybridized carbons (Fsp3) is 0.444. The summed E-state index contributed by atoms with van der Waals surface area (Å²) in [4.78, 5) is 25.7. The molecule has 140 valence electrons. The molecule has 2 aliphatic heterocycles. The van der Waals surface area contributed by atoms with Crippen LogP contribution in [0.4, 0.5) is 5.69 Å². The smallest absolute Gasteiger partial charge is 0.265 e. The highest BCUT2D eigenvalue weighted by Gasteiger charge is 2.22. The maximum atomic E-state index is 12.6. The molecule has 2 N–H and O–H groups in total. The van der Waals surface area contributed by atoms with Crippen LogP contribution in [0.2, 0.25) is 5.02 Å². The average molecular weight is 397 g/mol. The van der Waals surface area contributed by atoms with E-state index >= 15 is 0 Å². The number of hydrogen-bond donors (Lipinski definition) is 2. The zero-order valence-electron chi connectivity index (χ0n) is 14.5. The molecule has 1 aromatic carbocycles. The summed E-state index contributed by atoms with van der Waals surface area (Å²) in [6.45, 7) is 3.52. The maximum absolute atomic E-state index is 12.6. The molecule has 1 fully saturated rings. The number of benzene rings is 1. The minimum Gasteiger partial charge on any atom is -0.496 e. The van der Waals surface area contributed by atoms with Gasteiger partial charge in [0.15, 0.2) is 0 Å². The molecule has 8 heteroatoms. The van der Waals surface area contributed by atoms with Gasteiger partial charge < -0.3 is 20.1 Å². The van der Waals surface area contributed by atoms with E-state index in [9.17, 15) is 9.59 Å². The molecule has 6 nitrogen and oxygen atoms in total. The molecule has 2 heterocycles. The molecule has 2 amide bonds. The first-order chi connectivity index (χ1) is 12.5. The van der Waals surface area contributed by atoms with Gasteiger partial charge in [0.05, 0.1) is 24.0 Å². The number of rotatable bonds is 5. The van der Waals surface area contributed by atoms with Gasteiger partial charge in [-0.05, 0) is 38.0 Å². The van der Waals surface area contributed by atoms with Crippen LogP contribution in [0, 0.1) is 0 Å². The third kappa shape index (κ3) is 4.72. The van der Waals surface area contributed by atoms with Crippen LogP contribution in [0.25, 0.3) is 0 Å². The van der Waals surface area contributed by atoms with Crippen molar-refractivity contribution in [1.82, 2.24) is 5.32 Å². The molecule has 2 aliphatic rings. The quantitative estimate of drug-likeness (QED) is 0.799. The first-order valence-corrected chi connectivity index (χ1v) is 9.88. The first-order valence-electron chi connectivity index (χ1n) is 8.52. The fourth-order valence-corrected chi connectivity index (χ4v) is 3.82. The van der Waals surface area contributed by atoms with Gasteiger partial charge in [-0.15, -0.1) is 11.8 Å². The third-order valence-electron chi connectivity index (χ3n) is 4.16. The van der Waals surface area contributed by atoms with Crippen molar-refractivity contribution >= 4 is 40.9 Å². The van der Waals surface area contributed by atoms with Gasteiger partial charge in [0.1, 0.15) is 10.7 Å². The Bertz CT molecular complexity index is 732. The van der Waals surface area contributed by atoms with Gasteiger partial charge >= 0.3 is 0 Å². The van der Waals surface area contributed by atoms with E-state index in [4.69, 9.17) is 21.1 Å². The monoisotopic (exact) mass is 396 g/mol. The number of carbonyl (C=O) groups excluding carboxylic acids is 2. The molecule has 1 atom stereocenters. The molecule has 0 bridgehead atoms. The Morgan fingerprint density at radius 3 is 2.88 bits per heavy atom. The van der Waals surface area contributed by atoms with Gasteiger partial charge in [0.2, 0.25) is 0 Å². The van der Waals surface area contributed by atoms with E-state index in [0.717, 1.165) is 25.2 Å². The van der Waals surface area contributed by atoms with Crippen LogP contribution >= 0.6 is 23.4 Å². The molecule has 0 aromatic heterocycles. The lowest BCUT2D eigenvalue weighted by Crippen LogP contribution is -2.32. The first kappa shape index (κ1) is 19.1. The SMILES string of the molecule is CC1=C(C(=O)Nc2ccc(Cl)cc2C(=O)NCC2CCCO2)SCCO1. The summed E-state index contributed by atoms with van der Waals surface area (Å²) < 4.78 is 10.9. The van der Waals surface area contributed by atoms with Crippen molar-refractivity contribution in [3.63, 3.8) is 0 Å². The van der Waals surface area contributed by atoms with E-state index in [-0.39, 0.29) is 17.9 Å². The van der Waals surface area contributed by atoms with Gasteiger partial charge in [-0.25, -0.2) is 0 Å². The Labute approximate surface area is 161 Å². The van der Waals surface area contributed by atoms with Gasteiger partial charge in [0, 0.05) is 23.9 Å². The van der Waals surface area contributed by atoms with Crippen LogP contribution in [-0.4, -0.2) is 43.4 Å². The zero-order chi connectivity index (χ0) is 18.5. The van der Waals surface area contributed by atoms with Gasteiger partial charge in [0.25, 0.3) is 11.8 Å². The van der Waals surface area contributed by atoms with Crippen LogP contribution in [0.5, 0.6) is 0 Å². The number of thioether (sulfide) groups is 1. The minimum atomic E-state index is -0.295. The van der Waals surface area contributed by atoms with Crippen molar-refractivity contribution in [3.05, 3.63) is 39.4 Å². The van der Waals surface area contributed by atoms with Crippen LogP contribution < -0.4 is 10.6 Å². The molecule has 3 rings (SSSR count). The second-order valence-corrected chi connectivity index (χ2v) is 7.61. The number of hydrogen-bond acceptors (Lipinski definition) is 5. The Kier molecular flexibility index (Phi) is 6.45. The molecule has 0 radical (unpaired) electrons. The van der Waals surface area contributed by atoms with Crippen molar-refractivity contribution in [1.29, 1.82) is 0 Å². The van der Waals surface area contributed by atoms with Crippen LogP contribution in [0.15, 0.2) is 28.9 Å². The largest absolute Gasteiger partial charge is 0.496 e. The highest BCUT2D eigenvalue weighted by Crippen LogP contribution is 2.28. The molecule has 26 heavy (non-hydrogen) atoms. The van der Waals surface area contributed by atoms with Crippen molar-refractivity contribution in [2.45, 2.75) is 25.9 Å². The van der Waals surface area contributed by atoms with Gasteiger partial charge in [-0.2, -0.15) is 0 Å². The summed E-state index contributed by atoms with van der Waals surface area (Å²) in [6, 6.07) is 4.82. The predicted octanol–water partition coefficient (Wildman–Crippen LogP) is 3.18. The fourth-order valence-electron chi connectivity index (χ4n) is 2.83. The number of carbonyl (C=O) groups is 2. The topological polar surface area (TPSA) is 76.7 Å². The van der Waals surface area contributed by atoms with Crippen LogP contribution in [0.1, 0.15) is 30.1 Å². The lowest BCUT2D eigenvalue weighted by atomic mass is 10.1. The highest BCUT2D eigenvalue weighted by molar-refractivity contribution is 8.04. The van der Waals surface area contributed by atoms with E-state index in [2.05, 4.69) is 10.6 Å². The Morgan fingerprint density at radius 2 is 2.15 bits per heavy atom. The van der Waals surface area contributed by atoms with E-state index in [1.807, 2.05) is 0 Å². The molecule has 1 aromatic rings. The summed E-state index contributed by atoms with van der Waals surface area (Å²) >= 11 is 7.49. The number of allylic oxidation sites excluding steroid dienone is 1. The Hall–Kier alpha value is -1.70. The molecule has 0 saturated carbocycles. The van der Waals surface area contributed by atoms with E-state index in [0.29, 0.717) is 40.1 Å². The zero-order valence-corrected chi connectivity index (χ0v) is 16.0. The van der Waals surface area contributed by atoms with E-state index < -0.39 is 0 Å². The van der Waals surface area contributed by atoms with Crippen molar-refractivity contribution in [2.75, 3.05) is 30.8 Å². The highest BCUT2D eigenvalue weighted by atomic mass is 35.5. The number of halogens is 1. The molecule has 1 saturated heterocycles. The van der Waals surface area contributed by atoms with Crippen molar-refractivity contribution in [2.24, 2.45) is 0 Å². The second-order valence-electron chi connectivity index (χ2n) is 6.07.